The molecule has 0 spiro atoms. The standard InChI is InChI=1S/C16H14BrF3O/c1-10-2-4-11(5-3-10)8-15(21)13-9-12(16(18,19)20)6-7-14(13)17/h2-7,9,15,21H,8H2,1H3. The summed E-state index contributed by atoms with van der Waals surface area (Å²) < 4.78 is 38.7. The fourth-order valence-corrected chi connectivity index (χ4v) is 2.54. The molecule has 5 heteroatoms. The lowest BCUT2D eigenvalue weighted by molar-refractivity contribution is -0.137. The largest absolute Gasteiger partial charge is 0.416 e. The van der Waals surface area contributed by atoms with Crippen LogP contribution in [0.1, 0.15) is 28.4 Å². The molecule has 0 aliphatic carbocycles. The van der Waals surface area contributed by atoms with Gasteiger partial charge in [0.25, 0.3) is 0 Å². The predicted molar refractivity (Wildman–Crippen MR) is 79.0 cm³/mol. The number of aryl methyl sites for hydroxylation is 1. The summed E-state index contributed by atoms with van der Waals surface area (Å²) in [7, 11) is 0. The SMILES string of the molecule is Cc1ccc(CC(O)c2cc(C(F)(F)F)ccc2Br)cc1. The summed E-state index contributed by atoms with van der Waals surface area (Å²) in [5.41, 5.74) is 1.44. The molecule has 0 fully saturated rings. The minimum Gasteiger partial charge on any atom is -0.388 e. The van der Waals surface area contributed by atoms with Gasteiger partial charge < -0.3 is 5.11 Å². The number of benzene rings is 2. The molecule has 1 N–H and O–H groups in total. The van der Waals surface area contributed by atoms with E-state index in [0.717, 1.165) is 23.3 Å². The van der Waals surface area contributed by atoms with Gasteiger partial charge in [-0.1, -0.05) is 45.8 Å². The summed E-state index contributed by atoms with van der Waals surface area (Å²) in [6, 6.07) is 10.8. The van der Waals surface area contributed by atoms with E-state index in [9.17, 15) is 18.3 Å². The summed E-state index contributed by atoms with van der Waals surface area (Å²) >= 11 is 3.20. The van der Waals surface area contributed by atoms with Crippen LogP contribution in [0.25, 0.3) is 0 Å². The Morgan fingerprint density at radius 1 is 1.10 bits per heavy atom. The lowest BCUT2D eigenvalue weighted by Gasteiger charge is -2.16. The molecule has 1 nitrogen and oxygen atoms in total. The van der Waals surface area contributed by atoms with E-state index in [-0.39, 0.29) is 12.0 Å². The van der Waals surface area contributed by atoms with Gasteiger partial charge in [-0.05, 0) is 36.2 Å². The van der Waals surface area contributed by atoms with Crippen molar-refractivity contribution in [2.75, 3.05) is 0 Å². The third kappa shape index (κ3) is 4.08. The van der Waals surface area contributed by atoms with Gasteiger partial charge in [0.15, 0.2) is 0 Å². The molecule has 0 aliphatic heterocycles. The first-order valence-corrected chi connectivity index (χ1v) is 7.17. The molecule has 1 atom stereocenters. The molecule has 0 aliphatic rings. The minimum atomic E-state index is -4.42. The van der Waals surface area contributed by atoms with Crippen molar-refractivity contribution in [3.8, 4) is 0 Å². The highest BCUT2D eigenvalue weighted by molar-refractivity contribution is 9.10. The first-order chi connectivity index (χ1) is 9.77. The number of aliphatic hydroxyl groups excluding tert-OH is 1. The van der Waals surface area contributed by atoms with Crippen molar-refractivity contribution < 1.29 is 18.3 Å². The third-order valence-electron chi connectivity index (χ3n) is 3.23. The molecule has 2 rings (SSSR count). The second-order valence-electron chi connectivity index (χ2n) is 4.94. The smallest absolute Gasteiger partial charge is 0.388 e. The zero-order valence-electron chi connectivity index (χ0n) is 11.3. The topological polar surface area (TPSA) is 20.2 Å². The van der Waals surface area contributed by atoms with Crippen LogP contribution in [0, 0.1) is 6.92 Å². The quantitative estimate of drug-likeness (QED) is 0.813. The van der Waals surface area contributed by atoms with E-state index in [4.69, 9.17) is 0 Å². The average Bonchev–Trinajstić information content (AvgIpc) is 2.40. The molecule has 0 amide bonds. The Labute approximate surface area is 129 Å². The van der Waals surface area contributed by atoms with Crippen LogP contribution < -0.4 is 0 Å². The maximum Gasteiger partial charge on any atom is 0.416 e. The van der Waals surface area contributed by atoms with Crippen molar-refractivity contribution in [1.82, 2.24) is 0 Å². The Morgan fingerprint density at radius 3 is 2.29 bits per heavy atom. The molecule has 2 aromatic rings. The number of alkyl halides is 3. The van der Waals surface area contributed by atoms with Crippen molar-refractivity contribution in [2.45, 2.75) is 25.6 Å². The monoisotopic (exact) mass is 358 g/mol. The first kappa shape index (κ1) is 16.0. The molecule has 21 heavy (non-hydrogen) atoms. The Hall–Kier alpha value is -1.33. The van der Waals surface area contributed by atoms with Gasteiger partial charge in [0, 0.05) is 10.9 Å². The van der Waals surface area contributed by atoms with Crippen LogP contribution in [0.5, 0.6) is 0 Å². The summed E-state index contributed by atoms with van der Waals surface area (Å²) in [5, 5.41) is 10.2. The fourth-order valence-electron chi connectivity index (χ4n) is 2.03. The molecule has 0 heterocycles. The Bertz CT molecular complexity index is 620. The number of aliphatic hydroxyl groups is 1. The number of rotatable bonds is 3. The van der Waals surface area contributed by atoms with E-state index >= 15 is 0 Å². The van der Waals surface area contributed by atoms with Crippen LogP contribution in [-0.2, 0) is 12.6 Å². The highest BCUT2D eigenvalue weighted by Gasteiger charge is 2.31. The Morgan fingerprint density at radius 2 is 1.71 bits per heavy atom. The average molecular weight is 359 g/mol. The molecule has 0 aromatic heterocycles. The maximum atomic E-state index is 12.7. The van der Waals surface area contributed by atoms with Crippen molar-refractivity contribution in [3.05, 3.63) is 69.2 Å². The van der Waals surface area contributed by atoms with Crippen LogP contribution in [0.15, 0.2) is 46.9 Å². The predicted octanol–water partition coefficient (Wildman–Crippen LogP) is 5.05. The van der Waals surface area contributed by atoms with Crippen molar-refractivity contribution in [1.29, 1.82) is 0 Å². The maximum absolute atomic E-state index is 12.7. The third-order valence-corrected chi connectivity index (χ3v) is 3.95. The first-order valence-electron chi connectivity index (χ1n) is 6.37. The normalized spacial score (nSPS) is 13.2. The molecule has 0 saturated carbocycles. The van der Waals surface area contributed by atoms with Gasteiger partial charge in [-0.3, -0.25) is 0 Å². The van der Waals surface area contributed by atoms with Gasteiger partial charge in [-0.25, -0.2) is 0 Å². The zero-order chi connectivity index (χ0) is 15.6. The van der Waals surface area contributed by atoms with Gasteiger partial charge in [-0.15, -0.1) is 0 Å². The van der Waals surface area contributed by atoms with E-state index in [1.807, 2.05) is 31.2 Å². The summed E-state index contributed by atoms with van der Waals surface area (Å²) in [4.78, 5) is 0. The lowest BCUT2D eigenvalue weighted by atomic mass is 9.99. The molecular weight excluding hydrogens is 345 g/mol. The van der Waals surface area contributed by atoms with E-state index in [0.29, 0.717) is 4.47 Å². The summed E-state index contributed by atoms with van der Waals surface area (Å²) in [6.45, 7) is 1.95. The molecule has 2 aromatic carbocycles. The van der Waals surface area contributed by atoms with Crippen LogP contribution in [0.3, 0.4) is 0 Å². The zero-order valence-corrected chi connectivity index (χ0v) is 12.9. The van der Waals surface area contributed by atoms with Gasteiger partial charge in [0.2, 0.25) is 0 Å². The molecule has 0 saturated heterocycles. The number of hydrogen-bond acceptors (Lipinski definition) is 1. The molecular formula is C16H14BrF3O. The Kier molecular flexibility index (Phi) is 4.74. The summed E-state index contributed by atoms with van der Waals surface area (Å²) in [6.07, 6.45) is -5.15. The highest BCUT2D eigenvalue weighted by Crippen LogP contribution is 2.34. The summed E-state index contributed by atoms with van der Waals surface area (Å²) in [5.74, 6) is 0. The molecule has 0 bridgehead atoms. The van der Waals surface area contributed by atoms with Gasteiger partial charge in [-0.2, -0.15) is 13.2 Å². The van der Waals surface area contributed by atoms with Crippen LogP contribution in [0.4, 0.5) is 13.2 Å². The number of hydrogen-bond donors (Lipinski definition) is 1. The van der Waals surface area contributed by atoms with Gasteiger partial charge in [0.1, 0.15) is 0 Å². The highest BCUT2D eigenvalue weighted by atomic mass is 79.9. The molecule has 0 radical (unpaired) electrons. The van der Waals surface area contributed by atoms with E-state index in [2.05, 4.69) is 15.9 Å². The number of halogens is 4. The van der Waals surface area contributed by atoms with Crippen LogP contribution >= 0.6 is 15.9 Å². The van der Waals surface area contributed by atoms with Crippen LogP contribution in [0.2, 0.25) is 0 Å². The fraction of sp³-hybridized carbons (Fsp3) is 0.250. The van der Waals surface area contributed by atoms with Crippen molar-refractivity contribution >= 4 is 15.9 Å². The second-order valence-corrected chi connectivity index (χ2v) is 5.79. The van der Waals surface area contributed by atoms with E-state index < -0.39 is 17.8 Å². The van der Waals surface area contributed by atoms with Crippen LogP contribution in [-0.4, -0.2) is 5.11 Å². The van der Waals surface area contributed by atoms with Crippen molar-refractivity contribution in [3.63, 3.8) is 0 Å². The Balaban J connectivity index is 2.26. The van der Waals surface area contributed by atoms with Crippen molar-refractivity contribution in [2.24, 2.45) is 0 Å². The van der Waals surface area contributed by atoms with Gasteiger partial charge in [0.05, 0.1) is 11.7 Å². The molecule has 112 valence electrons. The van der Waals surface area contributed by atoms with Gasteiger partial charge >= 0.3 is 6.18 Å². The second kappa shape index (κ2) is 6.20. The van der Waals surface area contributed by atoms with E-state index in [1.54, 1.807) is 0 Å². The molecule has 1 unspecified atom stereocenters. The minimum absolute atomic E-state index is 0.241. The lowest BCUT2D eigenvalue weighted by Crippen LogP contribution is -2.09. The van der Waals surface area contributed by atoms with E-state index in [1.165, 1.54) is 6.07 Å².